The Balaban J connectivity index is 1.83. The van der Waals surface area contributed by atoms with Crippen LogP contribution in [0.25, 0.3) is 16.1 Å². The van der Waals surface area contributed by atoms with Crippen LogP contribution in [0, 0.1) is 20.8 Å². The molecule has 25 heavy (non-hydrogen) atoms. The lowest BCUT2D eigenvalue weighted by atomic mass is 10.2. The van der Waals surface area contributed by atoms with Gasteiger partial charge in [0.05, 0.1) is 11.3 Å². The second-order valence-electron chi connectivity index (χ2n) is 6.06. The topological polar surface area (TPSA) is 55.1 Å². The molecule has 0 saturated heterocycles. The van der Waals surface area contributed by atoms with Crippen LogP contribution in [-0.2, 0) is 6.54 Å². The van der Waals surface area contributed by atoms with Gasteiger partial charge in [-0.25, -0.2) is 4.98 Å². The van der Waals surface area contributed by atoms with Crippen molar-refractivity contribution >= 4 is 22.8 Å². The predicted molar refractivity (Wildman–Crippen MR) is 102 cm³/mol. The average molecular weight is 349 g/mol. The van der Waals surface area contributed by atoms with Gasteiger partial charge in [0, 0.05) is 35.1 Å². The highest BCUT2D eigenvalue weighted by Gasteiger charge is 2.18. The minimum absolute atomic E-state index is 0.695. The maximum absolute atomic E-state index is 4.82. The lowest BCUT2D eigenvalue weighted by molar-refractivity contribution is 0.888. The van der Waals surface area contributed by atoms with Crippen LogP contribution >= 0.6 is 11.3 Å². The van der Waals surface area contributed by atoms with E-state index in [4.69, 9.17) is 10.1 Å². The zero-order chi connectivity index (χ0) is 17.4. The molecule has 0 bridgehead atoms. The fourth-order valence-corrected chi connectivity index (χ4v) is 3.77. The van der Waals surface area contributed by atoms with Crippen molar-refractivity contribution in [2.45, 2.75) is 27.3 Å². The van der Waals surface area contributed by atoms with Gasteiger partial charge in [0.25, 0.3) is 0 Å². The number of pyridine rings is 1. The molecule has 4 rings (SSSR count). The van der Waals surface area contributed by atoms with Crippen molar-refractivity contribution in [1.82, 2.24) is 19.6 Å². The first kappa shape index (κ1) is 15.8. The number of hydrogen-bond donors (Lipinski definition) is 1. The summed E-state index contributed by atoms with van der Waals surface area (Å²) in [6.45, 7) is 6.86. The van der Waals surface area contributed by atoms with Gasteiger partial charge in [-0.05, 0) is 43.8 Å². The van der Waals surface area contributed by atoms with Crippen molar-refractivity contribution < 1.29 is 0 Å². The van der Waals surface area contributed by atoms with Crippen molar-refractivity contribution in [3.63, 3.8) is 0 Å². The summed E-state index contributed by atoms with van der Waals surface area (Å²) in [5.74, 6) is 0.984. The van der Waals surface area contributed by atoms with Crippen molar-refractivity contribution in [1.29, 1.82) is 0 Å². The zero-order valence-electron chi connectivity index (χ0n) is 14.4. The molecule has 0 spiro atoms. The zero-order valence-corrected chi connectivity index (χ0v) is 15.3. The number of fused-ring (bicyclic) bond motifs is 1. The van der Waals surface area contributed by atoms with Gasteiger partial charge in [-0.2, -0.15) is 9.61 Å². The summed E-state index contributed by atoms with van der Waals surface area (Å²) < 4.78 is 1.93. The van der Waals surface area contributed by atoms with E-state index in [1.54, 1.807) is 17.5 Å². The van der Waals surface area contributed by atoms with Gasteiger partial charge in [0.2, 0.25) is 0 Å². The minimum Gasteiger partial charge on any atom is -0.366 e. The highest BCUT2D eigenvalue weighted by molar-refractivity contribution is 7.13. The van der Waals surface area contributed by atoms with Crippen molar-refractivity contribution in [2.75, 3.05) is 5.32 Å². The summed E-state index contributed by atoms with van der Waals surface area (Å²) in [6, 6.07) is 8.19. The maximum Gasteiger partial charge on any atom is 0.166 e. The molecule has 1 N–H and O–H groups in total. The van der Waals surface area contributed by atoms with Gasteiger partial charge in [-0.15, -0.1) is 11.3 Å². The van der Waals surface area contributed by atoms with E-state index in [0.29, 0.717) is 6.54 Å². The Bertz CT molecular complexity index is 1020. The van der Waals surface area contributed by atoms with E-state index in [1.165, 1.54) is 4.88 Å². The largest absolute Gasteiger partial charge is 0.366 e. The fourth-order valence-electron chi connectivity index (χ4n) is 2.95. The first-order chi connectivity index (χ1) is 12.1. The third-order valence-electron chi connectivity index (χ3n) is 4.37. The first-order valence-electron chi connectivity index (χ1n) is 8.18. The van der Waals surface area contributed by atoms with Gasteiger partial charge in [0.15, 0.2) is 5.65 Å². The molecule has 0 amide bonds. The molecule has 0 aliphatic rings. The molecule has 0 saturated carbocycles. The van der Waals surface area contributed by atoms with Crippen LogP contribution in [0.4, 0.5) is 5.82 Å². The van der Waals surface area contributed by atoms with Crippen LogP contribution in [0.3, 0.4) is 0 Å². The number of nitrogens with zero attached hydrogens (tertiary/aromatic N) is 4. The summed E-state index contributed by atoms with van der Waals surface area (Å²) in [6.07, 6.45) is 3.66. The molecule has 0 aliphatic carbocycles. The highest BCUT2D eigenvalue weighted by atomic mass is 32.1. The number of aryl methyl sites for hydroxylation is 2. The standard InChI is InChI=1S/C19H19N5S/c1-12-13(2)22-19-17(16-7-5-9-25-16)14(3)23-24(19)18(12)21-11-15-6-4-8-20-10-15/h4-10,21H,11H2,1-3H3. The quantitative estimate of drug-likeness (QED) is 0.594. The molecule has 0 aromatic carbocycles. The van der Waals surface area contributed by atoms with E-state index in [2.05, 4.69) is 40.8 Å². The maximum atomic E-state index is 4.82. The van der Waals surface area contributed by atoms with E-state index >= 15 is 0 Å². The first-order valence-corrected chi connectivity index (χ1v) is 9.06. The Morgan fingerprint density at radius 1 is 1.12 bits per heavy atom. The average Bonchev–Trinajstić information content (AvgIpc) is 3.23. The molecule has 0 aliphatic heterocycles. The summed E-state index contributed by atoms with van der Waals surface area (Å²) >= 11 is 1.71. The van der Waals surface area contributed by atoms with Crippen molar-refractivity contribution in [2.24, 2.45) is 0 Å². The van der Waals surface area contributed by atoms with Crippen molar-refractivity contribution in [3.8, 4) is 10.4 Å². The Labute approximate surface area is 150 Å². The van der Waals surface area contributed by atoms with E-state index in [-0.39, 0.29) is 0 Å². The van der Waals surface area contributed by atoms with Crippen LogP contribution < -0.4 is 5.32 Å². The molecule has 4 aromatic heterocycles. The second kappa shape index (κ2) is 6.29. The molecule has 5 nitrogen and oxygen atoms in total. The van der Waals surface area contributed by atoms with Crippen LogP contribution in [0.15, 0.2) is 42.0 Å². The Morgan fingerprint density at radius 2 is 2.00 bits per heavy atom. The SMILES string of the molecule is Cc1nc2c(-c3cccs3)c(C)nn2c(NCc2cccnc2)c1C. The smallest absolute Gasteiger partial charge is 0.166 e. The molecule has 4 aromatic rings. The minimum atomic E-state index is 0.695. The normalized spacial score (nSPS) is 11.2. The van der Waals surface area contributed by atoms with Gasteiger partial charge in [0.1, 0.15) is 5.82 Å². The van der Waals surface area contributed by atoms with E-state index < -0.39 is 0 Å². The molecule has 126 valence electrons. The predicted octanol–water partition coefficient (Wildman–Crippen LogP) is 4.39. The number of rotatable bonds is 4. The van der Waals surface area contributed by atoms with Crippen LogP contribution in [0.1, 0.15) is 22.5 Å². The van der Waals surface area contributed by atoms with Gasteiger partial charge < -0.3 is 5.32 Å². The molecule has 0 fully saturated rings. The Morgan fingerprint density at radius 3 is 2.72 bits per heavy atom. The van der Waals surface area contributed by atoms with E-state index in [0.717, 1.165) is 39.5 Å². The molecule has 0 radical (unpaired) electrons. The summed E-state index contributed by atoms with van der Waals surface area (Å²) in [5, 5.41) is 10.4. The fraction of sp³-hybridized carbons (Fsp3) is 0.211. The van der Waals surface area contributed by atoms with E-state index in [1.807, 2.05) is 30.6 Å². The van der Waals surface area contributed by atoms with Gasteiger partial charge in [-0.3, -0.25) is 4.98 Å². The summed E-state index contributed by atoms with van der Waals surface area (Å²) in [7, 11) is 0. The Kier molecular flexibility index (Phi) is 3.97. The number of anilines is 1. The second-order valence-corrected chi connectivity index (χ2v) is 7.01. The third kappa shape index (κ3) is 2.78. The molecule has 4 heterocycles. The van der Waals surface area contributed by atoms with E-state index in [9.17, 15) is 0 Å². The summed E-state index contributed by atoms with van der Waals surface area (Å²) in [4.78, 5) is 10.2. The monoisotopic (exact) mass is 349 g/mol. The molecule has 0 atom stereocenters. The molecular formula is C19H19N5S. The van der Waals surface area contributed by atoms with Crippen LogP contribution in [-0.4, -0.2) is 19.6 Å². The third-order valence-corrected chi connectivity index (χ3v) is 5.26. The van der Waals surface area contributed by atoms with Gasteiger partial charge >= 0.3 is 0 Å². The highest BCUT2D eigenvalue weighted by Crippen LogP contribution is 2.33. The number of hydrogen-bond acceptors (Lipinski definition) is 5. The number of thiophene rings is 1. The number of nitrogens with one attached hydrogen (secondary N) is 1. The van der Waals surface area contributed by atoms with Crippen LogP contribution in [0.2, 0.25) is 0 Å². The van der Waals surface area contributed by atoms with Crippen molar-refractivity contribution in [3.05, 3.63) is 64.6 Å². The molecular weight excluding hydrogens is 330 g/mol. The lowest BCUT2D eigenvalue weighted by Crippen LogP contribution is -2.10. The van der Waals surface area contributed by atoms with Gasteiger partial charge in [-0.1, -0.05) is 12.1 Å². The van der Waals surface area contributed by atoms with Crippen LogP contribution in [0.5, 0.6) is 0 Å². The Hall–Kier alpha value is -2.73. The molecule has 6 heteroatoms. The lowest BCUT2D eigenvalue weighted by Gasteiger charge is -2.13. The summed E-state index contributed by atoms with van der Waals surface area (Å²) in [5.41, 5.74) is 6.26. The number of aromatic nitrogens is 4. The molecule has 0 unspecified atom stereocenters.